The Morgan fingerprint density at radius 2 is 2.14 bits per heavy atom. The maximum atomic E-state index is 12.2. The summed E-state index contributed by atoms with van der Waals surface area (Å²) in [6, 6.07) is 10.3. The third-order valence-corrected chi connectivity index (χ3v) is 4.91. The molecule has 2 aromatic heterocycles. The zero-order chi connectivity index (χ0) is 20.3. The zero-order valence-electron chi connectivity index (χ0n) is 15.2. The number of aryl methyl sites for hydroxylation is 1. The van der Waals surface area contributed by atoms with Gasteiger partial charge in [-0.1, -0.05) is 23.4 Å². The van der Waals surface area contributed by atoms with Gasteiger partial charge in [0.25, 0.3) is 0 Å². The van der Waals surface area contributed by atoms with E-state index in [1.807, 2.05) is 11.4 Å². The fraction of sp³-hybridized carbons (Fsp3) is 0.167. The SMILES string of the molecule is Cc1nn(Cc2cccc(C(=O)O/N=C(\N)c3cccs3)c2)c(C)c1[N+](=O)[O-]. The third-order valence-electron chi connectivity index (χ3n) is 4.02. The van der Waals surface area contributed by atoms with Crippen LogP contribution in [0.25, 0.3) is 0 Å². The number of nitrogens with zero attached hydrogens (tertiary/aromatic N) is 4. The molecule has 2 N–H and O–H groups in total. The van der Waals surface area contributed by atoms with Gasteiger partial charge in [0.15, 0.2) is 5.84 Å². The van der Waals surface area contributed by atoms with Gasteiger partial charge >= 0.3 is 11.7 Å². The Hall–Kier alpha value is -3.53. The molecule has 0 radical (unpaired) electrons. The van der Waals surface area contributed by atoms with Gasteiger partial charge in [0.1, 0.15) is 11.4 Å². The van der Waals surface area contributed by atoms with E-state index in [4.69, 9.17) is 10.6 Å². The molecule has 0 aliphatic rings. The summed E-state index contributed by atoms with van der Waals surface area (Å²) in [7, 11) is 0. The molecule has 0 spiro atoms. The van der Waals surface area contributed by atoms with Crippen molar-refractivity contribution in [1.82, 2.24) is 9.78 Å². The molecule has 0 atom stereocenters. The van der Waals surface area contributed by atoms with Crippen LogP contribution in [0, 0.1) is 24.0 Å². The maximum absolute atomic E-state index is 12.2. The van der Waals surface area contributed by atoms with Crippen LogP contribution >= 0.6 is 11.3 Å². The summed E-state index contributed by atoms with van der Waals surface area (Å²) in [4.78, 5) is 28.5. The summed E-state index contributed by atoms with van der Waals surface area (Å²) in [6.07, 6.45) is 0. The van der Waals surface area contributed by atoms with E-state index in [1.54, 1.807) is 44.2 Å². The number of thiophene rings is 1. The molecule has 0 aliphatic carbocycles. The fourth-order valence-corrected chi connectivity index (χ4v) is 3.31. The van der Waals surface area contributed by atoms with E-state index in [0.717, 1.165) is 5.56 Å². The lowest BCUT2D eigenvalue weighted by molar-refractivity contribution is -0.386. The van der Waals surface area contributed by atoms with E-state index in [-0.39, 0.29) is 23.6 Å². The van der Waals surface area contributed by atoms with Gasteiger partial charge in [0.2, 0.25) is 0 Å². The first-order valence-electron chi connectivity index (χ1n) is 8.23. The predicted octanol–water partition coefficient (Wildman–Crippen LogP) is 3.00. The second kappa shape index (κ2) is 8.01. The highest BCUT2D eigenvalue weighted by Gasteiger charge is 2.21. The summed E-state index contributed by atoms with van der Waals surface area (Å²) in [5.74, 6) is -0.532. The molecule has 0 saturated carbocycles. The Balaban J connectivity index is 1.75. The number of hydrogen-bond acceptors (Lipinski definition) is 7. The van der Waals surface area contributed by atoms with Crippen LogP contribution in [-0.4, -0.2) is 26.5 Å². The molecule has 0 unspecified atom stereocenters. The van der Waals surface area contributed by atoms with Gasteiger partial charge in [-0.15, -0.1) is 11.3 Å². The van der Waals surface area contributed by atoms with Crippen LogP contribution in [0.5, 0.6) is 0 Å². The molecule has 3 rings (SSSR count). The zero-order valence-corrected chi connectivity index (χ0v) is 16.0. The fourth-order valence-electron chi connectivity index (χ4n) is 2.69. The Morgan fingerprint density at radius 1 is 1.36 bits per heavy atom. The molecule has 144 valence electrons. The molecule has 28 heavy (non-hydrogen) atoms. The number of carbonyl (C=O) groups excluding carboxylic acids is 1. The monoisotopic (exact) mass is 399 g/mol. The highest BCUT2D eigenvalue weighted by atomic mass is 32.1. The number of oxime groups is 1. The average Bonchev–Trinajstić information content (AvgIpc) is 3.28. The number of hydrogen-bond donors (Lipinski definition) is 1. The van der Waals surface area contributed by atoms with Crippen molar-refractivity contribution in [3.8, 4) is 0 Å². The van der Waals surface area contributed by atoms with Crippen LogP contribution in [0.1, 0.15) is 32.2 Å². The Labute approximate surface area is 164 Å². The molecule has 0 saturated heterocycles. The minimum absolute atomic E-state index is 0.00560. The number of amidine groups is 1. The molecule has 0 amide bonds. The molecule has 0 aliphatic heterocycles. The minimum Gasteiger partial charge on any atom is -0.380 e. The number of rotatable bonds is 6. The summed E-state index contributed by atoms with van der Waals surface area (Å²) in [6.45, 7) is 3.51. The van der Waals surface area contributed by atoms with Gasteiger partial charge in [-0.3, -0.25) is 14.8 Å². The van der Waals surface area contributed by atoms with E-state index < -0.39 is 10.9 Å². The van der Waals surface area contributed by atoms with Crippen molar-refractivity contribution in [2.45, 2.75) is 20.4 Å². The van der Waals surface area contributed by atoms with Gasteiger partial charge in [-0.05, 0) is 43.0 Å². The number of carbonyl (C=O) groups is 1. The van der Waals surface area contributed by atoms with E-state index in [9.17, 15) is 14.9 Å². The van der Waals surface area contributed by atoms with Crippen molar-refractivity contribution < 1.29 is 14.6 Å². The van der Waals surface area contributed by atoms with Gasteiger partial charge in [-0.2, -0.15) is 5.10 Å². The third kappa shape index (κ3) is 4.07. The summed E-state index contributed by atoms with van der Waals surface area (Å²) in [5, 5.41) is 20.9. The molecule has 10 heteroatoms. The van der Waals surface area contributed by atoms with Crippen LogP contribution in [0.15, 0.2) is 46.9 Å². The van der Waals surface area contributed by atoms with E-state index in [0.29, 0.717) is 16.3 Å². The maximum Gasteiger partial charge on any atom is 0.365 e. The highest BCUT2D eigenvalue weighted by Crippen LogP contribution is 2.22. The summed E-state index contributed by atoms with van der Waals surface area (Å²) >= 11 is 1.38. The Kier molecular flexibility index (Phi) is 5.50. The van der Waals surface area contributed by atoms with Gasteiger partial charge in [-0.25, -0.2) is 4.79 Å². The molecule has 0 fully saturated rings. The average molecular weight is 399 g/mol. The first-order valence-corrected chi connectivity index (χ1v) is 9.11. The van der Waals surface area contributed by atoms with Crippen molar-refractivity contribution in [1.29, 1.82) is 0 Å². The first-order chi connectivity index (χ1) is 13.4. The van der Waals surface area contributed by atoms with Crippen LogP contribution in [0.2, 0.25) is 0 Å². The smallest absolute Gasteiger partial charge is 0.365 e. The van der Waals surface area contributed by atoms with Gasteiger partial charge in [0.05, 0.1) is 21.9 Å². The van der Waals surface area contributed by atoms with Crippen LogP contribution in [0.3, 0.4) is 0 Å². The van der Waals surface area contributed by atoms with E-state index in [2.05, 4.69) is 10.3 Å². The summed E-state index contributed by atoms with van der Waals surface area (Å²) < 4.78 is 1.53. The van der Waals surface area contributed by atoms with Crippen LogP contribution in [-0.2, 0) is 11.4 Å². The molecule has 9 nitrogen and oxygen atoms in total. The topological polar surface area (TPSA) is 126 Å². The largest absolute Gasteiger partial charge is 0.380 e. The molecular formula is C18H17N5O4S. The second-order valence-corrected chi connectivity index (χ2v) is 6.91. The highest BCUT2D eigenvalue weighted by molar-refractivity contribution is 7.12. The van der Waals surface area contributed by atoms with E-state index >= 15 is 0 Å². The van der Waals surface area contributed by atoms with Crippen LogP contribution < -0.4 is 5.73 Å². The molecule has 2 heterocycles. The minimum atomic E-state index is -0.652. The lowest BCUT2D eigenvalue weighted by atomic mass is 10.1. The lowest BCUT2D eigenvalue weighted by Gasteiger charge is -2.06. The number of aromatic nitrogens is 2. The van der Waals surface area contributed by atoms with Gasteiger partial charge < -0.3 is 10.6 Å². The predicted molar refractivity (Wildman–Crippen MR) is 104 cm³/mol. The second-order valence-electron chi connectivity index (χ2n) is 5.97. The van der Waals surface area contributed by atoms with Crippen molar-refractivity contribution in [2.24, 2.45) is 10.9 Å². The first kappa shape index (κ1) is 19.2. The quantitative estimate of drug-likeness (QED) is 0.223. The van der Waals surface area contributed by atoms with Crippen molar-refractivity contribution in [3.05, 3.63) is 79.3 Å². The van der Waals surface area contributed by atoms with Crippen molar-refractivity contribution in [3.63, 3.8) is 0 Å². The lowest BCUT2D eigenvalue weighted by Crippen LogP contribution is -2.14. The molecular weight excluding hydrogens is 382 g/mol. The number of nitro groups is 1. The van der Waals surface area contributed by atoms with Crippen LogP contribution in [0.4, 0.5) is 5.69 Å². The van der Waals surface area contributed by atoms with Crippen molar-refractivity contribution >= 4 is 28.8 Å². The Bertz CT molecular complexity index is 1060. The normalized spacial score (nSPS) is 11.4. The number of nitrogens with two attached hydrogens (primary N) is 1. The van der Waals surface area contributed by atoms with E-state index in [1.165, 1.54) is 16.0 Å². The molecule has 3 aromatic rings. The van der Waals surface area contributed by atoms with Crippen molar-refractivity contribution in [2.75, 3.05) is 0 Å². The molecule has 0 bridgehead atoms. The van der Waals surface area contributed by atoms with Gasteiger partial charge in [0, 0.05) is 0 Å². The Morgan fingerprint density at radius 3 is 2.79 bits per heavy atom. The summed E-state index contributed by atoms with van der Waals surface area (Å²) in [5.41, 5.74) is 7.59. The number of benzene rings is 1. The molecule has 1 aromatic carbocycles. The standard InChI is InChI=1S/C18H17N5O4S/c1-11-16(23(25)26)12(2)22(20-11)10-13-5-3-6-14(9-13)18(24)27-21-17(19)15-7-4-8-28-15/h3-9H,10H2,1-2H3,(H2,19,21).